The summed E-state index contributed by atoms with van der Waals surface area (Å²) in [6.07, 6.45) is 3.43. The molecular formula is C12H14BrFO2. The van der Waals surface area contributed by atoms with Crippen LogP contribution in [-0.4, -0.2) is 19.3 Å². The van der Waals surface area contributed by atoms with Crippen molar-refractivity contribution in [1.29, 1.82) is 0 Å². The monoisotopic (exact) mass is 288 g/mol. The zero-order valence-corrected chi connectivity index (χ0v) is 10.5. The van der Waals surface area contributed by atoms with E-state index in [0.29, 0.717) is 22.9 Å². The van der Waals surface area contributed by atoms with E-state index in [1.54, 1.807) is 6.07 Å². The Morgan fingerprint density at radius 1 is 1.44 bits per heavy atom. The van der Waals surface area contributed by atoms with Crippen LogP contribution in [0.3, 0.4) is 0 Å². The molecule has 0 aromatic heterocycles. The van der Waals surface area contributed by atoms with Crippen molar-refractivity contribution >= 4 is 15.9 Å². The summed E-state index contributed by atoms with van der Waals surface area (Å²) in [5.74, 6) is 0.270. The van der Waals surface area contributed by atoms with Crippen molar-refractivity contribution < 1.29 is 13.9 Å². The number of hydrogen-bond donors (Lipinski definition) is 0. The Hall–Kier alpha value is -0.610. The first-order valence-electron chi connectivity index (χ1n) is 5.44. The zero-order valence-electron chi connectivity index (χ0n) is 8.92. The molecule has 2 nitrogen and oxygen atoms in total. The Morgan fingerprint density at radius 3 is 3.00 bits per heavy atom. The Labute approximate surface area is 103 Å². The molecule has 1 fully saturated rings. The molecule has 2 rings (SSSR count). The van der Waals surface area contributed by atoms with Crippen LogP contribution < -0.4 is 4.74 Å². The highest BCUT2D eigenvalue weighted by atomic mass is 79.9. The summed E-state index contributed by atoms with van der Waals surface area (Å²) in [5.41, 5.74) is 0. The first-order chi connectivity index (χ1) is 7.74. The average Bonchev–Trinajstić information content (AvgIpc) is 2.69. The number of halogens is 2. The molecule has 0 saturated carbocycles. The molecule has 0 amide bonds. The van der Waals surface area contributed by atoms with Gasteiger partial charge in [-0.1, -0.05) is 15.9 Å². The van der Waals surface area contributed by atoms with Crippen LogP contribution >= 0.6 is 15.9 Å². The largest absolute Gasteiger partial charge is 0.493 e. The minimum Gasteiger partial charge on any atom is -0.493 e. The number of ether oxygens (including phenoxy) is 2. The maximum Gasteiger partial charge on any atom is 0.128 e. The van der Waals surface area contributed by atoms with Crippen molar-refractivity contribution in [2.24, 2.45) is 0 Å². The summed E-state index contributed by atoms with van der Waals surface area (Å²) in [5, 5.41) is 0. The van der Waals surface area contributed by atoms with Crippen LogP contribution in [0.5, 0.6) is 5.75 Å². The van der Waals surface area contributed by atoms with Crippen molar-refractivity contribution in [3.8, 4) is 5.75 Å². The van der Waals surface area contributed by atoms with Gasteiger partial charge in [0.15, 0.2) is 0 Å². The van der Waals surface area contributed by atoms with Gasteiger partial charge in [0.2, 0.25) is 0 Å². The highest BCUT2D eigenvalue weighted by Gasteiger charge is 2.15. The second kappa shape index (κ2) is 5.64. The SMILES string of the molecule is Fc1cc(Br)cc(OCCC2CCCO2)c1. The Kier molecular flexibility index (Phi) is 4.18. The van der Waals surface area contributed by atoms with E-state index >= 15 is 0 Å². The van der Waals surface area contributed by atoms with Gasteiger partial charge in [0, 0.05) is 23.6 Å². The summed E-state index contributed by atoms with van der Waals surface area (Å²) in [4.78, 5) is 0. The van der Waals surface area contributed by atoms with E-state index in [9.17, 15) is 4.39 Å². The van der Waals surface area contributed by atoms with Gasteiger partial charge in [0.05, 0.1) is 12.7 Å². The first kappa shape index (κ1) is 11.9. The summed E-state index contributed by atoms with van der Waals surface area (Å²) >= 11 is 3.23. The molecule has 1 aromatic rings. The third-order valence-electron chi connectivity index (χ3n) is 2.57. The van der Waals surface area contributed by atoms with Crippen LogP contribution in [0.1, 0.15) is 19.3 Å². The Morgan fingerprint density at radius 2 is 2.31 bits per heavy atom. The average molecular weight is 289 g/mol. The molecular weight excluding hydrogens is 275 g/mol. The second-order valence-electron chi connectivity index (χ2n) is 3.88. The number of benzene rings is 1. The van der Waals surface area contributed by atoms with E-state index < -0.39 is 0 Å². The molecule has 0 N–H and O–H groups in total. The van der Waals surface area contributed by atoms with Crippen LogP contribution in [0.15, 0.2) is 22.7 Å². The van der Waals surface area contributed by atoms with Gasteiger partial charge in [0.25, 0.3) is 0 Å². The van der Waals surface area contributed by atoms with E-state index in [0.717, 1.165) is 25.9 Å². The third-order valence-corrected chi connectivity index (χ3v) is 3.03. The van der Waals surface area contributed by atoms with E-state index in [2.05, 4.69) is 15.9 Å². The summed E-state index contributed by atoms with van der Waals surface area (Å²) in [6, 6.07) is 4.56. The van der Waals surface area contributed by atoms with Gasteiger partial charge < -0.3 is 9.47 Å². The van der Waals surface area contributed by atoms with Gasteiger partial charge in [-0.3, -0.25) is 0 Å². The summed E-state index contributed by atoms with van der Waals surface area (Å²) < 4.78 is 24.7. The van der Waals surface area contributed by atoms with Gasteiger partial charge in [-0.05, 0) is 25.0 Å². The smallest absolute Gasteiger partial charge is 0.128 e. The van der Waals surface area contributed by atoms with Crippen molar-refractivity contribution in [2.45, 2.75) is 25.4 Å². The quantitative estimate of drug-likeness (QED) is 0.844. The van der Waals surface area contributed by atoms with Gasteiger partial charge >= 0.3 is 0 Å². The standard InChI is InChI=1S/C12H14BrFO2/c13-9-6-10(14)8-12(7-9)16-5-3-11-2-1-4-15-11/h6-8,11H,1-5H2. The van der Waals surface area contributed by atoms with Crippen LogP contribution in [0.4, 0.5) is 4.39 Å². The molecule has 1 saturated heterocycles. The van der Waals surface area contributed by atoms with Gasteiger partial charge in [-0.2, -0.15) is 0 Å². The third kappa shape index (κ3) is 3.46. The van der Waals surface area contributed by atoms with E-state index in [1.165, 1.54) is 12.1 Å². The van der Waals surface area contributed by atoms with Crippen LogP contribution in [0.25, 0.3) is 0 Å². The minimum atomic E-state index is -0.290. The first-order valence-corrected chi connectivity index (χ1v) is 6.24. The molecule has 16 heavy (non-hydrogen) atoms. The fourth-order valence-electron chi connectivity index (χ4n) is 1.79. The van der Waals surface area contributed by atoms with Gasteiger partial charge in [0.1, 0.15) is 11.6 Å². The molecule has 0 spiro atoms. The molecule has 88 valence electrons. The van der Waals surface area contributed by atoms with Crippen LogP contribution in [0, 0.1) is 5.82 Å². The molecule has 4 heteroatoms. The lowest BCUT2D eigenvalue weighted by Gasteiger charge is -2.10. The van der Waals surface area contributed by atoms with E-state index in [4.69, 9.17) is 9.47 Å². The van der Waals surface area contributed by atoms with Crippen molar-refractivity contribution in [3.05, 3.63) is 28.5 Å². The van der Waals surface area contributed by atoms with Gasteiger partial charge in [-0.25, -0.2) is 4.39 Å². The number of rotatable bonds is 4. The molecule has 1 unspecified atom stereocenters. The molecule has 1 atom stereocenters. The molecule has 1 aliphatic rings. The number of hydrogen-bond acceptors (Lipinski definition) is 2. The van der Waals surface area contributed by atoms with E-state index in [-0.39, 0.29) is 5.82 Å². The maximum absolute atomic E-state index is 13.0. The molecule has 1 aliphatic heterocycles. The van der Waals surface area contributed by atoms with Crippen molar-refractivity contribution in [2.75, 3.05) is 13.2 Å². The highest BCUT2D eigenvalue weighted by Crippen LogP contribution is 2.21. The van der Waals surface area contributed by atoms with Gasteiger partial charge in [-0.15, -0.1) is 0 Å². The molecule has 1 aromatic carbocycles. The normalized spacial score (nSPS) is 20.0. The van der Waals surface area contributed by atoms with E-state index in [1.807, 2.05) is 0 Å². The second-order valence-corrected chi connectivity index (χ2v) is 4.79. The fourth-order valence-corrected chi connectivity index (χ4v) is 2.24. The van der Waals surface area contributed by atoms with Crippen molar-refractivity contribution in [3.63, 3.8) is 0 Å². The topological polar surface area (TPSA) is 18.5 Å². The fraction of sp³-hybridized carbons (Fsp3) is 0.500. The molecule has 0 aliphatic carbocycles. The minimum absolute atomic E-state index is 0.290. The van der Waals surface area contributed by atoms with Crippen molar-refractivity contribution in [1.82, 2.24) is 0 Å². The van der Waals surface area contributed by atoms with Crippen LogP contribution in [0.2, 0.25) is 0 Å². The lowest BCUT2D eigenvalue weighted by atomic mass is 10.2. The predicted octanol–water partition coefficient (Wildman–Crippen LogP) is 3.54. The zero-order chi connectivity index (χ0) is 11.4. The Bertz CT molecular complexity index is 331. The molecule has 1 heterocycles. The predicted molar refractivity (Wildman–Crippen MR) is 63.2 cm³/mol. The molecule has 0 bridgehead atoms. The summed E-state index contributed by atoms with van der Waals surface area (Å²) in [7, 11) is 0. The lowest BCUT2D eigenvalue weighted by Crippen LogP contribution is -2.10. The maximum atomic E-state index is 13.0. The lowest BCUT2D eigenvalue weighted by molar-refractivity contribution is 0.0903. The highest BCUT2D eigenvalue weighted by molar-refractivity contribution is 9.10. The Balaban J connectivity index is 1.80. The summed E-state index contributed by atoms with van der Waals surface area (Å²) in [6.45, 7) is 1.43. The van der Waals surface area contributed by atoms with Crippen LogP contribution in [-0.2, 0) is 4.74 Å². The molecule has 0 radical (unpaired) electrons.